The lowest BCUT2D eigenvalue weighted by Gasteiger charge is -2.03. The first-order valence-corrected chi connectivity index (χ1v) is 4.00. The molecule has 0 fully saturated rings. The summed E-state index contributed by atoms with van der Waals surface area (Å²) in [6, 6.07) is 4.34. The number of nitro groups is 1. The van der Waals surface area contributed by atoms with Crippen molar-refractivity contribution in [2.45, 2.75) is 4.90 Å². The molecule has 0 aliphatic carbocycles. The van der Waals surface area contributed by atoms with Gasteiger partial charge in [0.15, 0.2) is 5.75 Å². The Labute approximate surface area is 85.5 Å². The van der Waals surface area contributed by atoms with Crippen LogP contribution in [0.5, 0.6) is 5.75 Å². The smallest absolute Gasteiger partial charge is 0.312 e. The van der Waals surface area contributed by atoms with Crippen molar-refractivity contribution in [1.29, 1.82) is 5.26 Å². The van der Waals surface area contributed by atoms with Crippen LogP contribution in [0.1, 0.15) is 5.56 Å². The maximum Gasteiger partial charge on any atom is 0.312 e. The summed E-state index contributed by atoms with van der Waals surface area (Å²) in [6.45, 7) is 0. The highest BCUT2D eigenvalue weighted by Gasteiger charge is 2.17. The topological polar surface area (TPSA) is 76.2 Å². The zero-order valence-corrected chi connectivity index (χ0v) is 8.12. The molecule has 0 saturated heterocycles. The predicted molar refractivity (Wildman–Crippen MR) is 51.6 cm³/mol. The van der Waals surface area contributed by atoms with Crippen LogP contribution in [0.15, 0.2) is 17.0 Å². The molecule has 6 heteroatoms. The number of benzene rings is 1. The van der Waals surface area contributed by atoms with E-state index < -0.39 is 4.92 Å². The summed E-state index contributed by atoms with van der Waals surface area (Å²) in [4.78, 5) is 10.2. The minimum atomic E-state index is -0.584. The van der Waals surface area contributed by atoms with E-state index in [0.29, 0.717) is 0 Å². The second-order valence-electron chi connectivity index (χ2n) is 2.41. The highest BCUT2D eigenvalue weighted by molar-refractivity contribution is 7.80. The molecule has 14 heavy (non-hydrogen) atoms. The number of thiol groups is 1. The largest absolute Gasteiger partial charge is 0.490 e. The molecule has 0 aliphatic heterocycles. The van der Waals surface area contributed by atoms with Gasteiger partial charge in [-0.05, 0) is 0 Å². The zero-order chi connectivity index (χ0) is 10.7. The molecule has 1 aromatic rings. The Kier molecular flexibility index (Phi) is 2.94. The van der Waals surface area contributed by atoms with E-state index in [1.54, 1.807) is 0 Å². The molecule has 5 nitrogen and oxygen atoms in total. The molecule has 1 aromatic carbocycles. The summed E-state index contributed by atoms with van der Waals surface area (Å²) in [5.41, 5.74) is 0.0484. The van der Waals surface area contributed by atoms with Crippen LogP contribution in [-0.4, -0.2) is 12.0 Å². The van der Waals surface area contributed by atoms with Gasteiger partial charge < -0.3 is 4.74 Å². The maximum atomic E-state index is 10.5. The van der Waals surface area contributed by atoms with Crippen LogP contribution in [-0.2, 0) is 0 Å². The number of ether oxygens (including phenoxy) is 1. The summed E-state index contributed by atoms with van der Waals surface area (Å²) in [7, 11) is 1.31. The van der Waals surface area contributed by atoms with Gasteiger partial charge in [-0.3, -0.25) is 10.1 Å². The van der Waals surface area contributed by atoms with E-state index in [9.17, 15) is 10.1 Å². The molecule has 0 unspecified atom stereocenters. The number of methoxy groups -OCH3 is 1. The van der Waals surface area contributed by atoms with Crippen molar-refractivity contribution in [2.75, 3.05) is 7.11 Å². The Hall–Kier alpha value is -1.74. The molecule has 0 saturated carbocycles. The Morgan fingerprint density at radius 1 is 1.64 bits per heavy atom. The van der Waals surface area contributed by atoms with Crippen LogP contribution >= 0.6 is 12.6 Å². The molecule has 0 amide bonds. The fraction of sp³-hybridized carbons (Fsp3) is 0.125. The van der Waals surface area contributed by atoms with E-state index in [1.165, 1.54) is 19.2 Å². The average molecular weight is 210 g/mol. The van der Waals surface area contributed by atoms with Crippen molar-refractivity contribution < 1.29 is 9.66 Å². The van der Waals surface area contributed by atoms with Gasteiger partial charge in [0.25, 0.3) is 0 Å². The third kappa shape index (κ3) is 1.78. The first kappa shape index (κ1) is 10.3. The van der Waals surface area contributed by atoms with Gasteiger partial charge in [-0.2, -0.15) is 5.26 Å². The van der Waals surface area contributed by atoms with E-state index in [-0.39, 0.29) is 21.9 Å². The first-order chi connectivity index (χ1) is 6.60. The molecular formula is C8H6N2O3S. The van der Waals surface area contributed by atoms with Gasteiger partial charge in [-0.1, -0.05) is 0 Å². The number of nitriles is 1. The second kappa shape index (κ2) is 3.98. The summed E-state index contributed by atoms with van der Waals surface area (Å²) in [6.07, 6.45) is 0. The van der Waals surface area contributed by atoms with E-state index >= 15 is 0 Å². The lowest BCUT2D eigenvalue weighted by molar-refractivity contribution is -0.386. The molecule has 72 valence electrons. The van der Waals surface area contributed by atoms with Crippen molar-refractivity contribution in [3.8, 4) is 11.8 Å². The predicted octanol–water partition coefficient (Wildman–Crippen LogP) is 1.76. The maximum absolute atomic E-state index is 10.5. The minimum absolute atomic E-state index is 0.0596. The van der Waals surface area contributed by atoms with Crippen LogP contribution in [0.4, 0.5) is 5.69 Å². The number of hydrogen-bond donors (Lipinski definition) is 1. The van der Waals surface area contributed by atoms with Gasteiger partial charge in [0.05, 0.1) is 17.6 Å². The molecule has 0 heterocycles. The molecular weight excluding hydrogens is 204 g/mol. The van der Waals surface area contributed by atoms with Gasteiger partial charge in [0.2, 0.25) is 0 Å². The van der Waals surface area contributed by atoms with Gasteiger partial charge in [-0.15, -0.1) is 12.6 Å². The van der Waals surface area contributed by atoms with Crippen molar-refractivity contribution in [2.24, 2.45) is 0 Å². The van der Waals surface area contributed by atoms with Crippen LogP contribution in [0.3, 0.4) is 0 Å². The molecule has 0 spiro atoms. The third-order valence-electron chi connectivity index (χ3n) is 1.61. The molecule has 0 aliphatic rings. The molecule has 0 aromatic heterocycles. The Bertz CT molecular complexity index is 425. The van der Waals surface area contributed by atoms with Gasteiger partial charge >= 0.3 is 5.69 Å². The van der Waals surface area contributed by atoms with E-state index in [4.69, 9.17) is 10.00 Å². The Morgan fingerprint density at radius 2 is 2.29 bits per heavy atom. The number of rotatable bonds is 2. The third-order valence-corrected chi connectivity index (χ3v) is 1.98. The standard InChI is InChI=1S/C8H6N2O3S/c1-13-7-2-5(4-9)8(14)3-6(7)10(11)12/h2-3,14H,1H3. The highest BCUT2D eigenvalue weighted by Crippen LogP contribution is 2.31. The molecule has 0 radical (unpaired) electrons. The van der Waals surface area contributed by atoms with Crippen LogP contribution in [0, 0.1) is 21.4 Å². The Balaban J connectivity index is 3.41. The summed E-state index contributed by atoms with van der Waals surface area (Å²) < 4.78 is 4.78. The fourth-order valence-corrected chi connectivity index (χ4v) is 1.19. The lowest BCUT2D eigenvalue weighted by atomic mass is 10.2. The minimum Gasteiger partial charge on any atom is -0.490 e. The van der Waals surface area contributed by atoms with E-state index in [1.807, 2.05) is 6.07 Å². The molecule has 0 atom stereocenters. The van der Waals surface area contributed by atoms with Gasteiger partial charge in [0, 0.05) is 17.0 Å². The lowest BCUT2D eigenvalue weighted by Crippen LogP contribution is -1.95. The summed E-state index contributed by atoms with van der Waals surface area (Å²) >= 11 is 3.95. The molecule has 0 bridgehead atoms. The second-order valence-corrected chi connectivity index (χ2v) is 2.89. The summed E-state index contributed by atoms with van der Waals surface area (Å²) in [5, 5.41) is 19.2. The van der Waals surface area contributed by atoms with Gasteiger partial charge in [0.1, 0.15) is 6.07 Å². The van der Waals surface area contributed by atoms with Crippen LogP contribution in [0.25, 0.3) is 0 Å². The fourth-order valence-electron chi connectivity index (χ4n) is 0.953. The monoisotopic (exact) mass is 210 g/mol. The average Bonchev–Trinajstić information content (AvgIpc) is 2.17. The quantitative estimate of drug-likeness (QED) is 0.458. The van der Waals surface area contributed by atoms with Crippen molar-refractivity contribution in [3.63, 3.8) is 0 Å². The highest BCUT2D eigenvalue weighted by atomic mass is 32.1. The number of nitro benzene ring substituents is 1. The van der Waals surface area contributed by atoms with Crippen LogP contribution < -0.4 is 4.74 Å². The normalized spacial score (nSPS) is 9.21. The van der Waals surface area contributed by atoms with Crippen molar-refractivity contribution in [3.05, 3.63) is 27.8 Å². The number of nitrogens with zero attached hydrogens (tertiary/aromatic N) is 2. The summed E-state index contributed by atoms with van der Waals surface area (Å²) in [5.74, 6) is 0.0596. The van der Waals surface area contributed by atoms with Crippen LogP contribution in [0.2, 0.25) is 0 Å². The van der Waals surface area contributed by atoms with Crippen molar-refractivity contribution >= 4 is 18.3 Å². The van der Waals surface area contributed by atoms with E-state index in [2.05, 4.69) is 12.6 Å². The van der Waals surface area contributed by atoms with Gasteiger partial charge in [-0.25, -0.2) is 0 Å². The Morgan fingerprint density at radius 3 is 2.71 bits per heavy atom. The number of hydrogen-bond acceptors (Lipinski definition) is 5. The van der Waals surface area contributed by atoms with Crippen molar-refractivity contribution in [1.82, 2.24) is 0 Å². The zero-order valence-electron chi connectivity index (χ0n) is 7.22. The SMILES string of the molecule is COc1cc(C#N)c(S)cc1[N+](=O)[O-]. The van der Waals surface area contributed by atoms with E-state index in [0.717, 1.165) is 0 Å². The molecule has 0 N–H and O–H groups in total. The first-order valence-electron chi connectivity index (χ1n) is 3.55. The molecule has 1 rings (SSSR count).